The van der Waals surface area contributed by atoms with E-state index in [1.807, 2.05) is 0 Å². The smallest absolute Gasteiger partial charge is 0.0931 e. The lowest BCUT2D eigenvalue weighted by Crippen LogP contribution is -2.23. The quantitative estimate of drug-likeness (QED) is 0.505. The van der Waals surface area contributed by atoms with Gasteiger partial charge in [-0.05, 0) is 18.8 Å². The summed E-state index contributed by atoms with van der Waals surface area (Å²) in [6, 6.07) is 0. The van der Waals surface area contributed by atoms with E-state index < -0.39 is 0 Å². The summed E-state index contributed by atoms with van der Waals surface area (Å²) in [4.78, 5) is 0. The molecule has 2 nitrogen and oxygen atoms in total. The topological polar surface area (TPSA) is 35.9 Å². The Kier molecular flexibility index (Phi) is 2.09. The van der Waals surface area contributed by atoms with E-state index in [4.69, 9.17) is 5.41 Å². The highest BCUT2D eigenvalue weighted by molar-refractivity contribution is 5.78. The Bertz CT molecular complexity index is 109. The lowest BCUT2D eigenvalue weighted by molar-refractivity contribution is 0.530. The van der Waals surface area contributed by atoms with Crippen LogP contribution in [0.25, 0.3) is 0 Å². The van der Waals surface area contributed by atoms with Crippen LogP contribution in [0.1, 0.15) is 26.2 Å². The van der Waals surface area contributed by atoms with Gasteiger partial charge in [-0.3, -0.25) is 5.41 Å². The van der Waals surface area contributed by atoms with Gasteiger partial charge >= 0.3 is 0 Å². The Morgan fingerprint density at radius 3 is 3.22 bits per heavy atom. The average molecular weight is 126 g/mol. The summed E-state index contributed by atoms with van der Waals surface area (Å²) >= 11 is 0. The van der Waals surface area contributed by atoms with Gasteiger partial charge in [-0.25, -0.2) is 0 Å². The molecule has 0 aromatic carbocycles. The molecule has 1 aliphatic rings. The standard InChI is InChI=1S/C7H14N2/c1-6-3-2-4-7(8)9-5-6/h6H,2-5H2,1H3,(H2,8,9)/t6-/m1/s1. The normalized spacial score (nSPS) is 29.0. The zero-order valence-electron chi connectivity index (χ0n) is 5.91. The van der Waals surface area contributed by atoms with Gasteiger partial charge in [0.15, 0.2) is 0 Å². The van der Waals surface area contributed by atoms with Crippen LogP contribution in [0.5, 0.6) is 0 Å². The molecule has 1 atom stereocenters. The van der Waals surface area contributed by atoms with Crippen molar-refractivity contribution < 1.29 is 0 Å². The van der Waals surface area contributed by atoms with E-state index in [1.165, 1.54) is 12.8 Å². The number of hydrogen-bond donors (Lipinski definition) is 2. The van der Waals surface area contributed by atoms with Crippen LogP contribution in [-0.4, -0.2) is 12.4 Å². The molecule has 2 N–H and O–H groups in total. The van der Waals surface area contributed by atoms with Crippen molar-refractivity contribution in [3.05, 3.63) is 0 Å². The molecule has 1 saturated heterocycles. The van der Waals surface area contributed by atoms with Crippen molar-refractivity contribution in [2.24, 2.45) is 5.92 Å². The van der Waals surface area contributed by atoms with Crippen LogP contribution in [0, 0.1) is 11.3 Å². The van der Waals surface area contributed by atoms with Crippen LogP contribution in [0.2, 0.25) is 0 Å². The second kappa shape index (κ2) is 2.85. The van der Waals surface area contributed by atoms with Crippen molar-refractivity contribution in [1.29, 1.82) is 5.41 Å². The third kappa shape index (κ3) is 2.04. The predicted molar refractivity (Wildman–Crippen MR) is 38.7 cm³/mol. The minimum Gasteiger partial charge on any atom is -0.374 e. The Morgan fingerprint density at radius 1 is 1.67 bits per heavy atom. The maximum absolute atomic E-state index is 7.31. The average Bonchev–Trinajstić information content (AvgIpc) is 1.97. The van der Waals surface area contributed by atoms with Gasteiger partial charge in [0.05, 0.1) is 5.84 Å². The molecular weight excluding hydrogens is 112 g/mol. The van der Waals surface area contributed by atoms with E-state index >= 15 is 0 Å². The Balaban J connectivity index is 2.34. The van der Waals surface area contributed by atoms with Gasteiger partial charge in [-0.2, -0.15) is 0 Å². The number of rotatable bonds is 0. The maximum atomic E-state index is 7.31. The first-order valence-electron chi connectivity index (χ1n) is 3.60. The number of nitrogens with one attached hydrogen (secondary N) is 2. The van der Waals surface area contributed by atoms with Crippen molar-refractivity contribution >= 4 is 5.84 Å². The first-order chi connectivity index (χ1) is 4.29. The molecule has 0 unspecified atom stereocenters. The van der Waals surface area contributed by atoms with E-state index in [0.29, 0.717) is 0 Å². The lowest BCUT2D eigenvalue weighted by atomic mass is 10.1. The molecule has 0 bridgehead atoms. The fourth-order valence-electron chi connectivity index (χ4n) is 1.12. The first kappa shape index (κ1) is 6.59. The SMILES string of the molecule is C[C@@H]1CCCC(=N)NC1. The van der Waals surface area contributed by atoms with Gasteiger partial charge in [-0.1, -0.05) is 6.92 Å². The van der Waals surface area contributed by atoms with Crippen LogP contribution in [0.3, 0.4) is 0 Å². The molecule has 52 valence electrons. The summed E-state index contributed by atoms with van der Waals surface area (Å²) < 4.78 is 0. The van der Waals surface area contributed by atoms with Crippen molar-refractivity contribution in [2.75, 3.05) is 6.54 Å². The van der Waals surface area contributed by atoms with Crippen molar-refractivity contribution in [3.63, 3.8) is 0 Å². The van der Waals surface area contributed by atoms with Gasteiger partial charge in [0.1, 0.15) is 0 Å². The Morgan fingerprint density at radius 2 is 2.44 bits per heavy atom. The van der Waals surface area contributed by atoms with Crippen LogP contribution in [-0.2, 0) is 0 Å². The lowest BCUT2D eigenvalue weighted by Gasteiger charge is -2.05. The largest absolute Gasteiger partial charge is 0.374 e. The Labute approximate surface area is 56.2 Å². The molecule has 2 heteroatoms. The molecule has 0 radical (unpaired) electrons. The van der Waals surface area contributed by atoms with Crippen LogP contribution >= 0.6 is 0 Å². The summed E-state index contributed by atoms with van der Waals surface area (Å²) in [5, 5.41) is 10.4. The maximum Gasteiger partial charge on any atom is 0.0931 e. The van der Waals surface area contributed by atoms with Crippen molar-refractivity contribution in [3.8, 4) is 0 Å². The third-order valence-corrected chi connectivity index (χ3v) is 1.79. The van der Waals surface area contributed by atoms with Crippen molar-refractivity contribution in [1.82, 2.24) is 5.32 Å². The van der Waals surface area contributed by atoms with Gasteiger partial charge in [0.25, 0.3) is 0 Å². The molecule has 0 aromatic rings. The zero-order chi connectivity index (χ0) is 6.69. The second-order valence-electron chi connectivity index (χ2n) is 2.86. The highest BCUT2D eigenvalue weighted by Crippen LogP contribution is 2.09. The van der Waals surface area contributed by atoms with Gasteiger partial charge < -0.3 is 5.32 Å². The molecule has 0 saturated carbocycles. The van der Waals surface area contributed by atoms with Crippen LogP contribution in [0.4, 0.5) is 0 Å². The molecule has 0 aromatic heterocycles. The molecule has 1 heterocycles. The van der Waals surface area contributed by atoms with E-state index in [1.54, 1.807) is 0 Å². The minimum atomic E-state index is 0.722. The van der Waals surface area contributed by atoms with E-state index in [0.717, 1.165) is 24.7 Å². The van der Waals surface area contributed by atoms with Crippen LogP contribution in [0.15, 0.2) is 0 Å². The second-order valence-corrected chi connectivity index (χ2v) is 2.86. The zero-order valence-corrected chi connectivity index (χ0v) is 5.91. The monoisotopic (exact) mass is 126 g/mol. The third-order valence-electron chi connectivity index (χ3n) is 1.79. The number of hydrogen-bond acceptors (Lipinski definition) is 1. The van der Waals surface area contributed by atoms with E-state index in [9.17, 15) is 0 Å². The fraction of sp³-hybridized carbons (Fsp3) is 0.857. The minimum absolute atomic E-state index is 0.722. The summed E-state index contributed by atoms with van der Waals surface area (Å²) in [5.41, 5.74) is 0. The molecule has 1 aliphatic heterocycles. The molecule has 1 rings (SSSR count). The summed E-state index contributed by atoms with van der Waals surface area (Å²) in [7, 11) is 0. The first-order valence-corrected chi connectivity index (χ1v) is 3.60. The molecule has 0 aliphatic carbocycles. The van der Waals surface area contributed by atoms with Gasteiger partial charge in [0.2, 0.25) is 0 Å². The highest BCUT2D eigenvalue weighted by Gasteiger charge is 2.07. The highest BCUT2D eigenvalue weighted by atomic mass is 14.9. The molecule has 0 amide bonds. The molecule has 9 heavy (non-hydrogen) atoms. The van der Waals surface area contributed by atoms with Gasteiger partial charge in [0, 0.05) is 13.0 Å². The summed E-state index contributed by atoms with van der Waals surface area (Å²) in [6.07, 6.45) is 3.41. The molecular formula is C7H14N2. The van der Waals surface area contributed by atoms with Gasteiger partial charge in [-0.15, -0.1) is 0 Å². The summed E-state index contributed by atoms with van der Waals surface area (Å²) in [6.45, 7) is 3.23. The van der Waals surface area contributed by atoms with Crippen LogP contribution < -0.4 is 5.32 Å². The predicted octanol–water partition coefficient (Wildman–Crippen LogP) is 1.37. The van der Waals surface area contributed by atoms with Crippen molar-refractivity contribution in [2.45, 2.75) is 26.2 Å². The van der Waals surface area contributed by atoms with E-state index in [-0.39, 0.29) is 0 Å². The molecule has 1 fully saturated rings. The summed E-state index contributed by atoms with van der Waals surface area (Å²) in [5.74, 6) is 1.48. The fourth-order valence-corrected chi connectivity index (χ4v) is 1.12. The number of amidine groups is 1. The van der Waals surface area contributed by atoms with E-state index in [2.05, 4.69) is 12.2 Å². The Hall–Kier alpha value is -0.530. The molecule has 0 spiro atoms.